The normalized spacial score (nSPS) is 12.2. The first-order valence-electron chi connectivity index (χ1n) is 6.93. The zero-order chi connectivity index (χ0) is 16.8. The number of aryl methyl sites for hydroxylation is 1. The number of benzene rings is 1. The molecule has 0 bridgehead atoms. The highest BCUT2D eigenvalue weighted by Gasteiger charge is 2.16. The number of rotatable bonds is 6. The molecular formula is C16H18N2O5. The van der Waals surface area contributed by atoms with Crippen LogP contribution in [0.5, 0.6) is 11.5 Å². The summed E-state index contributed by atoms with van der Waals surface area (Å²) in [5, 5.41) is 3.65. The van der Waals surface area contributed by atoms with Crippen molar-refractivity contribution in [2.75, 3.05) is 14.2 Å². The summed E-state index contributed by atoms with van der Waals surface area (Å²) in [6, 6.07) is 5.30. The van der Waals surface area contributed by atoms with E-state index in [1.165, 1.54) is 6.08 Å². The Morgan fingerprint density at radius 1 is 1.22 bits per heavy atom. The maximum atomic E-state index is 11.9. The molecule has 0 N–H and O–H groups in total. The van der Waals surface area contributed by atoms with Gasteiger partial charge in [0, 0.05) is 12.1 Å². The van der Waals surface area contributed by atoms with Crippen LogP contribution in [-0.4, -0.2) is 30.3 Å². The summed E-state index contributed by atoms with van der Waals surface area (Å²) in [6.45, 7) is 3.35. The third-order valence-corrected chi connectivity index (χ3v) is 2.97. The molecule has 0 radical (unpaired) electrons. The molecule has 0 spiro atoms. The Labute approximate surface area is 133 Å². The molecule has 1 aromatic carbocycles. The molecule has 0 fully saturated rings. The van der Waals surface area contributed by atoms with Crippen molar-refractivity contribution in [1.82, 2.24) is 10.1 Å². The van der Waals surface area contributed by atoms with Gasteiger partial charge in [-0.2, -0.15) is 4.98 Å². The summed E-state index contributed by atoms with van der Waals surface area (Å²) in [7, 11) is 3.12. The van der Waals surface area contributed by atoms with Crippen LogP contribution in [-0.2, 0) is 9.53 Å². The van der Waals surface area contributed by atoms with Crippen LogP contribution in [0.2, 0.25) is 0 Å². The molecule has 0 amide bonds. The first-order valence-corrected chi connectivity index (χ1v) is 6.93. The summed E-state index contributed by atoms with van der Waals surface area (Å²) in [5.41, 5.74) is 0.749. The standard InChI is InChI=1S/C16H18N2O5/c1-10(16-17-11(2)18-23-16)22-15(19)6-5-12-7-13(20-3)9-14(8-12)21-4/h5-10H,1-4H3/b6-5+. The van der Waals surface area contributed by atoms with Gasteiger partial charge in [-0.3, -0.25) is 0 Å². The van der Waals surface area contributed by atoms with Crippen molar-refractivity contribution in [1.29, 1.82) is 0 Å². The lowest BCUT2D eigenvalue weighted by Gasteiger charge is -2.07. The molecule has 122 valence electrons. The second kappa shape index (κ2) is 7.44. The Kier molecular flexibility index (Phi) is 5.35. The van der Waals surface area contributed by atoms with E-state index >= 15 is 0 Å². The van der Waals surface area contributed by atoms with Crippen LogP contribution < -0.4 is 9.47 Å². The SMILES string of the molecule is COc1cc(/C=C/C(=O)OC(C)c2nc(C)no2)cc(OC)c1. The molecule has 0 aliphatic carbocycles. The number of aromatic nitrogens is 2. The fourth-order valence-electron chi connectivity index (χ4n) is 1.83. The topological polar surface area (TPSA) is 83.7 Å². The van der Waals surface area contributed by atoms with Crippen molar-refractivity contribution in [2.45, 2.75) is 20.0 Å². The third kappa shape index (κ3) is 4.57. The molecule has 7 heteroatoms. The van der Waals surface area contributed by atoms with Crippen LogP contribution in [0.15, 0.2) is 28.8 Å². The van der Waals surface area contributed by atoms with E-state index in [1.807, 2.05) is 0 Å². The molecule has 2 rings (SSSR count). The molecule has 0 saturated heterocycles. The maximum absolute atomic E-state index is 11.9. The largest absolute Gasteiger partial charge is 0.497 e. The number of methoxy groups -OCH3 is 2. The fraction of sp³-hybridized carbons (Fsp3) is 0.312. The van der Waals surface area contributed by atoms with Crippen molar-refractivity contribution in [3.8, 4) is 11.5 Å². The third-order valence-electron chi connectivity index (χ3n) is 2.97. The number of esters is 1. The second-order valence-electron chi connectivity index (χ2n) is 4.74. The van der Waals surface area contributed by atoms with Crippen LogP contribution >= 0.6 is 0 Å². The monoisotopic (exact) mass is 318 g/mol. The molecule has 0 aliphatic heterocycles. The van der Waals surface area contributed by atoms with Gasteiger partial charge < -0.3 is 18.7 Å². The molecule has 0 saturated carbocycles. The Morgan fingerprint density at radius 2 is 1.87 bits per heavy atom. The van der Waals surface area contributed by atoms with Crippen LogP contribution in [0, 0.1) is 6.92 Å². The van der Waals surface area contributed by atoms with Gasteiger partial charge in [-0.15, -0.1) is 0 Å². The lowest BCUT2D eigenvalue weighted by molar-refractivity contribution is -0.143. The lowest BCUT2D eigenvalue weighted by atomic mass is 10.2. The number of hydrogen-bond donors (Lipinski definition) is 0. The van der Waals surface area contributed by atoms with Crippen molar-refractivity contribution in [2.24, 2.45) is 0 Å². The van der Waals surface area contributed by atoms with Gasteiger partial charge in [-0.05, 0) is 37.6 Å². The molecule has 1 heterocycles. The van der Waals surface area contributed by atoms with E-state index in [0.29, 0.717) is 17.3 Å². The summed E-state index contributed by atoms with van der Waals surface area (Å²) >= 11 is 0. The van der Waals surface area contributed by atoms with Gasteiger partial charge in [-0.1, -0.05) is 5.16 Å². The molecule has 2 aromatic rings. The highest BCUT2D eigenvalue weighted by atomic mass is 16.6. The van der Waals surface area contributed by atoms with Crippen LogP contribution in [0.4, 0.5) is 0 Å². The van der Waals surface area contributed by atoms with E-state index in [9.17, 15) is 4.79 Å². The van der Waals surface area contributed by atoms with Crippen molar-refractivity contribution in [3.63, 3.8) is 0 Å². The number of carbonyl (C=O) groups excluding carboxylic acids is 1. The van der Waals surface area contributed by atoms with E-state index in [4.69, 9.17) is 18.7 Å². The van der Waals surface area contributed by atoms with E-state index in [1.54, 1.807) is 52.3 Å². The van der Waals surface area contributed by atoms with E-state index < -0.39 is 12.1 Å². The van der Waals surface area contributed by atoms with E-state index in [-0.39, 0.29) is 5.89 Å². The van der Waals surface area contributed by atoms with Crippen molar-refractivity contribution >= 4 is 12.0 Å². The van der Waals surface area contributed by atoms with Crippen LogP contribution in [0.1, 0.15) is 30.3 Å². The highest BCUT2D eigenvalue weighted by molar-refractivity contribution is 5.87. The Hall–Kier alpha value is -2.83. The van der Waals surface area contributed by atoms with Gasteiger partial charge in [0.15, 0.2) is 11.9 Å². The molecule has 1 unspecified atom stereocenters. The molecule has 7 nitrogen and oxygen atoms in total. The van der Waals surface area contributed by atoms with E-state index in [2.05, 4.69) is 10.1 Å². The quantitative estimate of drug-likeness (QED) is 0.598. The second-order valence-corrected chi connectivity index (χ2v) is 4.74. The first kappa shape index (κ1) is 16.5. The molecule has 1 aromatic heterocycles. The molecule has 23 heavy (non-hydrogen) atoms. The number of nitrogens with zero attached hydrogens (tertiary/aromatic N) is 2. The van der Waals surface area contributed by atoms with Gasteiger partial charge in [0.05, 0.1) is 14.2 Å². The fourth-order valence-corrected chi connectivity index (χ4v) is 1.83. The Balaban J connectivity index is 2.03. The van der Waals surface area contributed by atoms with Gasteiger partial charge in [0.2, 0.25) is 0 Å². The minimum atomic E-state index is -0.617. The minimum absolute atomic E-state index is 0.257. The zero-order valence-corrected chi connectivity index (χ0v) is 13.4. The van der Waals surface area contributed by atoms with Gasteiger partial charge in [0.25, 0.3) is 5.89 Å². The number of ether oxygens (including phenoxy) is 3. The zero-order valence-electron chi connectivity index (χ0n) is 13.4. The predicted molar refractivity (Wildman–Crippen MR) is 82.1 cm³/mol. The van der Waals surface area contributed by atoms with Gasteiger partial charge in [-0.25, -0.2) is 4.79 Å². The van der Waals surface area contributed by atoms with E-state index in [0.717, 1.165) is 5.56 Å². The van der Waals surface area contributed by atoms with Crippen LogP contribution in [0.25, 0.3) is 6.08 Å². The lowest BCUT2D eigenvalue weighted by Crippen LogP contribution is -2.06. The van der Waals surface area contributed by atoms with Gasteiger partial charge in [0.1, 0.15) is 11.5 Å². The molecule has 1 atom stereocenters. The molecule has 0 aliphatic rings. The highest BCUT2D eigenvalue weighted by Crippen LogP contribution is 2.23. The Morgan fingerprint density at radius 3 is 2.39 bits per heavy atom. The summed E-state index contributed by atoms with van der Waals surface area (Å²) in [6.07, 6.45) is 2.31. The maximum Gasteiger partial charge on any atom is 0.331 e. The predicted octanol–water partition coefficient (Wildman–Crippen LogP) is 2.71. The number of carbonyl (C=O) groups is 1. The summed E-state index contributed by atoms with van der Waals surface area (Å²) in [5.74, 6) is 1.49. The number of hydrogen-bond acceptors (Lipinski definition) is 7. The first-order chi connectivity index (χ1) is 11.0. The average Bonchev–Trinajstić information content (AvgIpc) is 2.99. The average molecular weight is 318 g/mol. The van der Waals surface area contributed by atoms with Gasteiger partial charge >= 0.3 is 5.97 Å². The molecular weight excluding hydrogens is 300 g/mol. The smallest absolute Gasteiger partial charge is 0.331 e. The summed E-state index contributed by atoms with van der Waals surface area (Å²) < 4.78 is 20.5. The summed E-state index contributed by atoms with van der Waals surface area (Å²) in [4.78, 5) is 15.9. The minimum Gasteiger partial charge on any atom is -0.497 e. The van der Waals surface area contributed by atoms with Crippen LogP contribution in [0.3, 0.4) is 0 Å². The van der Waals surface area contributed by atoms with Crippen molar-refractivity contribution in [3.05, 3.63) is 41.6 Å². The Bertz CT molecular complexity index is 686. The van der Waals surface area contributed by atoms with Crippen molar-refractivity contribution < 1.29 is 23.5 Å².